The summed E-state index contributed by atoms with van der Waals surface area (Å²) < 4.78 is 0. The van der Waals surface area contributed by atoms with Crippen LogP contribution >= 0.6 is 0 Å². The largest absolute Gasteiger partial charge is 0.383 e. The van der Waals surface area contributed by atoms with Crippen molar-refractivity contribution in [1.82, 2.24) is 5.32 Å². The van der Waals surface area contributed by atoms with E-state index in [-0.39, 0.29) is 11.6 Å². The zero-order valence-electron chi connectivity index (χ0n) is 13.4. The zero-order valence-corrected chi connectivity index (χ0v) is 13.4. The maximum Gasteiger partial charge on any atom is 0.269 e. The van der Waals surface area contributed by atoms with Gasteiger partial charge in [0.25, 0.3) is 11.6 Å². The Morgan fingerprint density at radius 3 is 2.40 bits per heavy atom. The lowest BCUT2D eigenvalue weighted by atomic mass is 10.0. The van der Waals surface area contributed by atoms with Gasteiger partial charge < -0.3 is 10.6 Å². The Morgan fingerprint density at radius 2 is 1.64 bits per heavy atom. The minimum Gasteiger partial charge on any atom is -0.383 e. The summed E-state index contributed by atoms with van der Waals surface area (Å²) >= 11 is 0. The fraction of sp³-hybridized carbons (Fsp3) is 0.105. The summed E-state index contributed by atoms with van der Waals surface area (Å²) in [5.74, 6) is -0.123. The minimum absolute atomic E-state index is 0.0507. The molecule has 0 aliphatic heterocycles. The number of nitro benzene ring substituents is 1. The lowest BCUT2D eigenvalue weighted by Crippen LogP contribution is -2.28. The van der Waals surface area contributed by atoms with Crippen LogP contribution in [0.25, 0.3) is 10.8 Å². The highest BCUT2D eigenvalue weighted by Crippen LogP contribution is 2.18. The molecule has 0 aliphatic rings. The number of non-ortho nitro benzene ring substituents is 1. The van der Waals surface area contributed by atoms with E-state index in [1.807, 2.05) is 36.4 Å². The molecule has 0 heterocycles. The first-order chi connectivity index (χ1) is 12.1. The van der Waals surface area contributed by atoms with Crippen LogP contribution in [0.1, 0.15) is 10.4 Å². The molecule has 3 aromatic carbocycles. The lowest BCUT2D eigenvalue weighted by molar-refractivity contribution is -0.384. The van der Waals surface area contributed by atoms with Crippen molar-refractivity contribution in [1.29, 1.82) is 0 Å². The van der Waals surface area contributed by atoms with Gasteiger partial charge in [0.2, 0.25) is 0 Å². The molecular formula is C19H17N3O3. The van der Waals surface area contributed by atoms with Crippen LogP contribution < -0.4 is 10.6 Å². The first-order valence-electron chi connectivity index (χ1n) is 7.89. The van der Waals surface area contributed by atoms with Gasteiger partial charge in [-0.3, -0.25) is 14.9 Å². The summed E-state index contributed by atoms with van der Waals surface area (Å²) in [7, 11) is 0. The molecule has 0 unspecified atom stereocenters. The first kappa shape index (κ1) is 16.4. The molecule has 0 radical (unpaired) electrons. The van der Waals surface area contributed by atoms with Crippen molar-refractivity contribution >= 4 is 28.1 Å². The number of carbonyl (C=O) groups is 1. The maximum atomic E-state index is 12.4. The van der Waals surface area contributed by atoms with Gasteiger partial charge in [-0.25, -0.2) is 0 Å². The third kappa shape index (κ3) is 3.92. The monoisotopic (exact) mass is 335 g/mol. The molecule has 0 aliphatic carbocycles. The van der Waals surface area contributed by atoms with E-state index in [4.69, 9.17) is 0 Å². The molecular weight excluding hydrogens is 318 g/mol. The molecule has 0 fully saturated rings. The van der Waals surface area contributed by atoms with Crippen LogP contribution in [0.15, 0.2) is 66.7 Å². The molecule has 0 saturated heterocycles. The molecule has 3 aromatic rings. The normalized spacial score (nSPS) is 10.4. The van der Waals surface area contributed by atoms with Gasteiger partial charge in [0.15, 0.2) is 0 Å². The Balaban J connectivity index is 1.55. The minimum atomic E-state index is -0.436. The SMILES string of the molecule is O=C(NCCNc1ccc([N+](=O)[O-])cc1)c1cccc2ccccc12. The molecule has 0 saturated carbocycles. The molecule has 1 amide bonds. The fourth-order valence-corrected chi connectivity index (χ4v) is 2.60. The van der Waals surface area contributed by atoms with Gasteiger partial charge in [-0.05, 0) is 29.0 Å². The number of nitrogens with zero attached hydrogens (tertiary/aromatic N) is 1. The quantitative estimate of drug-likeness (QED) is 0.409. The number of rotatable bonds is 6. The molecule has 25 heavy (non-hydrogen) atoms. The van der Waals surface area contributed by atoms with Crippen LogP contribution in [0.3, 0.4) is 0 Å². The number of carbonyl (C=O) groups excluding carboxylic acids is 1. The van der Waals surface area contributed by atoms with Crippen molar-refractivity contribution < 1.29 is 9.72 Å². The van der Waals surface area contributed by atoms with Crippen LogP contribution in [0.4, 0.5) is 11.4 Å². The topological polar surface area (TPSA) is 84.3 Å². The van der Waals surface area contributed by atoms with Crippen molar-refractivity contribution in [3.63, 3.8) is 0 Å². The van der Waals surface area contributed by atoms with Gasteiger partial charge in [-0.2, -0.15) is 0 Å². The molecule has 6 heteroatoms. The van der Waals surface area contributed by atoms with Crippen molar-refractivity contribution in [2.45, 2.75) is 0 Å². The van der Waals surface area contributed by atoms with Crippen molar-refractivity contribution in [2.75, 3.05) is 18.4 Å². The molecule has 6 nitrogen and oxygen atoms in total. The predicted octanol–water partition coefficient (Wildman–Crippen LogP) is 3.59. The summed E-state index contributed by atoms with van der Waals surface area (Å²) in [6.45, 7) is 0.966. The van der Waals surface area contributed by atoms with E-state index in [0.29, 0.717) is 18.7 Å². The van der Waals surface area contributed by atoms with Gasteiger partial charge in [0, 0.05) is 36.5 Å². The molecule has 0 bridgehead atoms. The molecule has 0 spiro atoms. The second-order valence-corrected chi connectivity index (χ2v) is 5.51. The number of benzene rings is 3. The molecule has 2 N–H and O–H groups in total. The number of anilines is 1. The highest BCUT2D eigenvalue weighted by molar-refractivity contribution is 6.06. The van der Waals surface area contributed by atoms with Gasteiger partial charge in [-0.1, -0.05) is 36.4 Å². The van der Waals surface area contributed by atoms with Crippen LogP contribution in [0, 0.1) is 10.1 Å². The zero-order chi connectivity index (χ0) is 17.6. The van der Waals surface area contributed by atoms with Crippen molar-refractivity contribution in [3.05, 3.63) is 82.4 Å². The Labute approximate surface area is 144 Å². The van der Waals surface area contributed by atoms with Crippen LogP contribution in [-0.2, 0) is 0 Å². The summed E-state index contributed by atoms with van der Waals surface area (Å²) in [4.78, 5) is 22.6. The lowest BCUT2D eigenvalue weighted by Gasteiger charge is -2.09. The smallest absolute Gasteiger partial charge is 0.269 e. The van der Waals surface area contributed by atoms with Crippen LogP contribution in [0.5, 0.6) is 0 Å². The van der Waals surface area contributed by atoms with E-state index in [1.165, 1.54) is 12.1 Å². The number of nitrogens with one attached hydrogen (secondary N) is 2. The Hall–Kier alpha value is -3.41. The summed E-state index contributed by atoms with van der Waals surface area (Å²) in [6.07, 6.45) is 0. The van der Waals surface area contributed by atoms with Crippen LogP contribution in [0.2, 0.25) is 0 Å². The Morgan fingerprint density at radius 1 is 0.920 bits per heavy atom. The van der Waals surface area contributed by atoms with Crippen molar-refractivity contribution in [2.24, 2.45) is 0 Å². The standard InChI is InChI=1S/C19H17N3O3/c23-19(18-7-3-5-14-4-1-2-6-17(14)18)21-13-12-20-15-8-10-16(11-9-15)22(24)25/h1-11,20H,12-13H2,(H,21,23). The summed E-state index contributed by atoms with van der Waals surface area (Å²) in [6, 6.07) is 19.6. The van der Waals surface area contributed by atoms with E-state index >= 15 is 0 Å². The fourth-order valence-electron chi connectivity index (χ4n) is 2.60. The average molecular weight is 335 g/mol. The predicted molar refractivity (Wildman–Crippen MR) is 97.9 cm³/mol. The Kier molecular flexibility index (Phi) is 4.89. The first-order valence-corrected chi connectivity index (χ1v) is 7.89. The summed E-state index contributed by atoms with van der Waals surface area (Å²) in [5, 5.41) is 18.6. The average Bonchev–Trinajstić information content (AvgIpc) is 2.65. The van der Waals surface area contributed by atoms with Crippen LogP contribution in [-0.4, -0.2) is 23.9 Å². The van der Waals surface area contributed by atoms with E-state index in [2.05, 4.69) is 10.6 Å². The highest BCUT2D eigenvalue weighted by atomic mass is 16.6. The number of amides is 1. The summed E-state index contributed by atoms with van der Waals surface area (Å²) in [5.41, 5.74) is 1.47. The molecule has 126 valence electrons. The van der Waals surface area contributed by atoms with E-state index < -0.39 is 4.92 Å². The number of fused-ring (bicyclic) bond motifs is 1. The second-order valence-electron chi connectivity index (χ2n) is 5.51. The second kappa shape index (κ2) is 7.44. The Bertz CT molecular complexity index is 902. The van der Waals surface area contributed by atoms with E-state index in [9.17, 15) is 14.9 Å². The van der Waals surface area contributed by atoms with Gasteiger partial charge in [-0.15, -0.1) is 0 Å². The number of nitro groups is 1. The molecule has 0 atom stereocenters. The maximum absolute atomic E-state index is 12.4. The third-order valence-electron chi connectivity index (χ3n) is 3.85. The molecule has 3 rings (SSSR count). The number of hydrogen-bond donors (Lipinski definition) is 2. The van der Waals surface area contributed by atoms with Gasteiger partial charge in [0.1, 0.15) is 0 Å². The van der Waals surface area contributed by atoms with Gasteiger partial charge in [0.05, 0.1) is 4.92 Å². The number of hydrogen-bond acceptors (Lipinski definition) is 4. The highest BCUT2D eigenvalue weighted by Gasteiger charge is 2.08. The van der Waals surface area contributed by atoms with Crippen molar-refractivity contribution in [3.8, 4) is 0 Å². The third-order valence-corrected chi connectivity index (χ3v) is 3.85. The van der Waals surface area contributed by atoms with E-state index in [0.717, 1.165) is 16.5 Å². The van der Waals surface area contributed by atoms with E-state index in [1.54, 1.807) is 18.2 Å². The van der Waals surface area contributed by atoms with Gasteiger partial charge >= 0.3 is 0 Å². The molecule has 0 aromatic heterocycles.